The smallest absolute Gasteiger partial charge is 0.236 e. The Balaban J connectivity index is 1.38. The number of carbonyl (C=O) groups is 1. The van der Waals surface area contributed by atoms with E-state index in [1.54, 1.807) is 0 Å². The van der Waals surface area contributed by atoms with Crippen LogP contribution < -0.4 is 0 Å². The van der Waals surface area contributed by atoms with Crippen LogP contribution in [0.3, 0.4) is 0 Å². The van der Waals surface area contributed by atoms with Gasteiger partial charge in [0.05, 0.1) is 12.2 Å². The van der Waals surface area contributed by atoms with E-state index in [2.05, 4.69) is 66.8 Å². The molecule has 2 aliphatic heterocycles. The van der Waals surface area contributed by atoms with Crippen molar-refractivity contribution in [2.24, 2.45) is 5.92 Å². The number of carbonyl (C=O) groups excluding carboxylic acids is 1. The number of aryl methyl sites for hydroxylation is 2. The third-order valence-electron chi connectivity index (χ3n) is 7.54. The Hall–Kier alpha value is -0.890. The third kappa shape index (κ3) is 5.07. The molecule has 2 saturated heterocycles. The average molecular weight is 593 g/mol. The monoisotopic (exact) mass is 591 g/mol. The summed E-state index contributed by atoms with van der Waals surface area (Å²) in [6.07, 6.45) is 6.07. The fourth-order valence-electron chi connectivity index (χ4n) is 5.69. The first kappa shape index (κ1) is 23.8. The maximum atomic E-state index is 13.0. The molecule has 2 fully saturated rings. The number of amides is 1. The quantitative estimate of drug-likeness (QED) is 0.476. The molecule has 0 N–H and O–H groups in total. The van der Waals surface area contributed by atoms with Crippen molar-refractivity contribution in [3.63, 3.8) is 0 Å². The van der Waals surface area contributed by atoms with Crippen molar-refractivity contribution >= 4 is 49.5 Å². The van der Waals surface area contributed by atoms with Gasteiger partial charge in [-0.15, -0.1) is 0 Å². The predicted octanol–water partition coefficient (Wildman–Crippen LogP) is 5.43. The molecule has 2 aromatic rings. The van der Waals surface area contributed by atoms with Crippen LogP contribution in [0.5, 0.6) is 0 Å². The highest BCUT2D eigenvalue weighted by atomic mass is 79.9. The van der Waals surface area contributed by atoms with E-state index in [0.29, 0.717) is 24.3 Å². The zero-order valence-corrected chi connectivity index (χ0v) is 23.1. The number of pyridine rings is 1. The van der Waals surface area contributed by atoms with Crippen molar-refractivity contribution in [2.45, 2.75) is 38.5 Å². The number of fused-ring (bicyclic) bond motifs is 2. The molecule has 1 aliphatic carbocycles. The number of rotatable bonds is 3. The first-order valence-electron chi connectivity index (χ1n) is 12.0. The molecule has 0 bridgehead atoms. The van der Waals surface area contributed by atoms with Crippen molar-refractivity contribution in [1.29, 1.82) is 0 Å². The standard InChI is InChI=1S/C26H31Br2N3OS/c1-17-2-4-21-22(25(17)28)5-3-19-14-20(27)15-29-26(19)24(21)18-6-8-31(9-7-18)23(32)16-30-10-12-33-13-11-30/h2,4,14-15,18,24H,3,5-13,16H2,1H3. The predicted molar refractivity (Wildman–Crippen MR) is 143 cm³/mol. The summed E-state index contributed by atoms with van der Waals surface area (Å²) < 4.78 is 2.31. The molecule has 5 rings (SSSR count). The van der Waals surface area contributed by atoms with Gasteiger partial charge in [0, 0.05) is 58.7 Å². The SMILES string of the molecule is Cc1ccc2c(c1Br)CCc1cc(Br)cnc1C2C1CCN(C(=O)CN2CCSCC2)CC1. The normalized spacial score (nSPS) is 21.9. The Morgan fingerprint density at radius 1 is 1.12 bits per heavy atom. The molecule has 1 atom stereocenters. The van der Waals surface area contributed by atoms with Crippen LogP contribution in [0, 0.1) is 12.8 Å². The molecule has 1 aromatic carbocycles. The minimum Gasteiger partial charge on any atom is -0.342 e. The average Bonchev–Trinajstić information content (AvgIpc) is 2.99. The second-order valence-corrected chi connectivity index (χ2v) is 12.5. The van der Waals surface area contributed by atoms with Crippen molar-refractivity contribution in [2.75, 3.05) is 44.2 Å². The van der Waals surface area contributed by atoms with Crippen LogP contribution >= 0.6 is 43.6 Å². The summed E-state index contributed by atoms with van der Waals surface area (Å²) >= 11 is 9.53. The largest absolute Gasteiger partial charge is 0.342 e. The van der Waals surface area contributed by atoms with Crippen LogP contribution in [0.15, 0.2) is 33.3 Å². The fraction of sp³-hybridized carbons (Fsp3) is 0.538. The van der Waals surface area contributed by atoms with Crippen LogP contribution in [0.4, 0.5) is 0 Å². The van der Waals surface area contributed by atoms with E-state index in [9.17, 15) is 4.79 Å². The molecule has 33 heavy (non-hydrogen) atoms. The molecule has 0 radical (unpaired) electrons. The Bertz CT molecular complexity index is 1030. The zero-order chi connectivity index (χ0) is 22.9. The molecule has 1 amide bonds. The first-order valence-corrected chi connectivity index (χ1v) is 14.8. The number of halogens is 2. The van der Waals surface area contributed by atoms with E-state index in [-0.39, 0.29) is 0 Å². The molecule has 3 heterocycles. The van der Waals surface area contributed by atoms with Gasteiger partial charge in [0.1, 0.15) is 0 Å². The van der Waals surface area contributed by atoms with Crippen molar-refractivity contribution < 1.29 is 4.79 Å². The van der Waals surface area contributed by atoms with E-state index >= 15 is 0 Å². The summed E-state index contributed by atoms with van der Waals surface area (Å²) in [7, 11) is 0. The van der Waals surface area contributed by atoms with Crippen molar-refractivity contribution in [1.82, 2.24) is 14.8 Å². The van der Waals surface area contributed by atoms with Crippen molar-refractivity contribution in [3.05, 3.63) is 61.3 Å². The number of nitrogens with zero attached hydrogens (tertiary/aromatic N) is 3. The summed E-state index contributed by atoms with van der Waals surface area (Å²) in [5.41, 5.74) is 6.76. The van der Waals surface area contributed by atoms with Crippen LogP contribution in [-0.4, -0.2) is 64.9 Å². The van der Waals surface area contributed by atoms with Crippen LogP contribution in [-0.2, 0) is 17.6 Å². The van der Waals surface area contributed by atoms with Gasteiger partial charge in [-0.25, -0.2) is 0 Å². The Kier molecular flexibility index (Phi) is 7.50. The summed E-state index contributed by atoms with van der Waals surface area (Å²) in [6, 6.07) is 6.84. The van der Waals surface area contributed by atoms with Gasteiger partial charge in [-0.1, -0.05) is 28.1 Å². The van der Waals surface area contributed by atoms with Gasteiger partial charge in [-0.2, -0.15) is 11.8 Å². The first-order chi connectivity index (χ1) is 16.0. The van der Waals surface area contributed by atoms with Gasteiger partial charge < -0.3 is 4.90 Å². The van der Waals surface area contributed by atoms with E-state index < -0.39 is 0 Å². The molecule has 4 nitrogen and oxygen atoms in total. The fourth-order valence-corrected chi connectivity index (χ4v) is 7.60. The summed E-state index contributed by atoms with van der Waals surface area (Å²) in [5, 5.41) is 0. The number of hydrogen-bond acceptors (Lipinski definition) is 4. The molecule has 3 aliphatic rings. The van der Waals surface area contributed by atoms with Crippen LogP contribution in [0.2, 0.25) is 0 Å². The number of thioether (sulfide) groups is 1. The minimum absolute atomic E-state index is 0.291. The number of hydrogen-bond donors (Lipinski definition) is 0. The molecule has 176 valence electrons. The lowest BCUT2D eigenvalue weighted by Crippen LogP contribution is -2.46. The van der Waals surface area contributed by atoms with Gasteiger partial charge in [-0.3, -0.25) is 14.7 Å². The lowest BCUT2D eigenvalue weighted by Gasteiger charge is -2.38. The van der Waals surface area contributed by atoms with Crippen molar-refractivity contribution in [3.8, 4) is 0 Å². The van der Waals surface area contributed by atoms with Gasteiger partial charge in [-0.05, 0) is 82.8 Å². The van der Waals surface area contributed by atoms with E-state index in [1.807, 2.05) is 18.0 Å². The number of benzene rings is 1. The highest BCUT2D eigenvalue weighted by molar-refractivity contribution is 9.10. The molecule has 0 spiro atoms. The molecule has 0 saturated carbocycles. The highest BCUT2D eigenvalue weighted by Gasteiger charge is 2.35. The van der Waals surface area contributed by atoms with Gasteiger partial charge in [0.15, 0.2) is 0 Å². The number of likely N-dealkylation sites (tertiary alicyclic amines) is 1. The maximum absolute atomic E-state index is 13.0. The molecule has 1 unspecified atom stereocenters. The Morgan fingerprint density at radius 2 is 1.88 bits per heavy atom. The maximum Gasteiger partial charge on any atom is 0.236 e. The Labute approximate surface area is 218 Å². The van der Waals surface area contributed by atoms with E-state index in [0.717, 1.165) is 67.8 Å². The van der Waals surface area contributed by atoms with Crippen LogP contribution in [0.25, 0.3) is 0 Å². The topological polar surface area (TPSA) is 36.4 Å². The molecule has 7 heteroatoms. The van der Waals surface area contributed by atoms with Gasteiger partial charge in [0.25, 0.3) is 0 Å². The summed E-state index contributed by atoms with van der Waals surface area (Å²) in [4.78, 5) is 22.4. The molecule has 1 aromatic heterocycles. The highest BCUT2D eigenvalue weighted by Crippen LogP contribution is 2.44. The van der Waals surface area contributed by atoms with Crippen LogP contribution in [0.1, 0.15) is 46.7 Å². The number of piperidine rings is 1. The minimum atomic E-state index is 0.291. The zero-order valence-electron chi connectivity index (χ0n) is 19.2. The number of aromatic nitrogens is 1. The molecular formula is C26H31Br2N3OS. The Morgan fingerprint density at radius 3 is 2.64 bits per heavy atom. The van der Waals surface area contributed by atoms with E-state index in [1.165, 1.54) is 32.4 Å². The lowest BCUT2D eigenvalue weighted by molar-refractivity contribution is -0.133. The van der Waals surface area contributed by atoms with Gasteiger partial charge in [0.2, 0.25) is 5.91 Å². The second-order valence-electron chi connectivity index (χ2n) is 9.55. The third-order valence-corrected chi connectivity index (χ3v) is 10.0. The lowest BCUT2D eigenvalue weighted by atomic mass is 9.76. The summed E-state index contributed by atoms with van der Waals surface area (Å²) in [5.74, 6) is 3.39. The van der Waals surface area contributed by atoms with E-state index in [4.69, 9.17) is 4.98 Å². The second kappa shape index (κ2) is 10.4. The van der Waals surface area contributed by atoms with Gasteiger partial charge >= 0.3 is 0 Å². The molecular weight excluding hydrogens is 562 g/mol. The summed E-state index contributed by atoms with van der Waals surface area (Å²) in [6.45, 7) is 6.56.